The van der Waals surface area contributed by atoms with E-state index in [9.17, 15) is 0 Å². The van der Waals surface area contributed by atoms with Gasteiger partial charge in [-0.05, 0) is 30.5 Å². The zero-order valence-corrected chi connectivity index (χ0v) is 10.1. The minimum absolute atomic E-state index is 0.202. The first kappa shape index (κ1) is 12.3. The highest BCUT2D eigenvalue weighted by Gasteiger charge is 2.16. The molecule has 3 heteroatoms. The average Bonchev–Trinajstić information content (AvgIpc) is 2.16. The molecule has 0 atom stereocenters. The molecule has 0 saturated heterocycles. The molecule has 1 rings (SSSR count). The number of para-hydroxylation sites is 1. The lowest BCUT2D eigenvalue weighted by Crippen LogP contribution is -2.26. The van der Waals surface area contributed by atoms with E-state index in [1.165, 1.54) is 0 Å². The van der Waals surface area contributed by atoms with Crippen LogP contribution in [0.5, 0.6) is 0 Å². The summed E-state index contributed by atoms with van der Waals surface area (Å²) in [4.78, 5) is 0. The van der Waals surface area contributed by atoms with Gasteiger partial charge in [0.1, 0.15) is 0 Å². The van der Waals surface area contributed by atoms with Gasteiger partial charge >= 0.3 is 0 Å². The van der Waals surface area contributed by atoms with Gasteiger partial charge in [0.05, 0.1) is 10.7 Å². The highest BCUT2D eigenvalue weighted by atomic mass is 35.5. The summed E-state index contributed by atoms with van der Waals surface area (Å²) in [6.07, 6.45) is 1.00. The van der Waals surface area contributed by atoms with E-state index in [2.05, 4.69) is 19.2 Å². The molecule has 0 amide bonds. The van der Waals surface area contributed by atoms with E-state index < -0.39 is 0 Å². The van der Waals surface area contributed by atoms with E-state index in [0.717, 1.165) is 30.2 Å². The fraction of sp³-hybridized carbons (Fsp3) is 0.500. The van der Waals surface area contributed by atoms with E-state index in [1.54, 1.807) is 0 Å². The molecule has 15 heavy (non-hydrogen) atoms. The van der Waals surface area contributed by atoms with Crippen LogP contribution in [0.15, 0.2) is 24.3 Å². The minimum atomic E-state index is 0.202. The minimum Gasteiger partial charge on any atom is -0.383 e. The van der Waals surface area contributed by atoms with Gasteiger partial charge in [-0.1, -0.05) is 37.6 Å². The summed E-state index contributed by atoms with van der Waals surface area (Å²) in [5.74, 6) is 0. The van der Waals surface area contributed by atoms with Crippen molar-refractivity contribution in [3.63, 3.8) is 0 Å². The van der Waals surface area contributed by atoms with Gasteiger partial charge in [-0.15, -0.1) is 0 Å². The van der Waals surface area contributed by atoms with Crippen molar-refractivity contribution in [2.45, 2.75) is 20.3 Å². The van der Waals surface area contributed by atoms with Gasteiger partial charge in [-0.2, -0.15) is 0 Å². The summed E-state index contributed by atoms with van der Waals surface area (Å²) in [5.41, 5.74) is 6.75. The summed E-state index contributed by atoms with van der Waals surface area (Å²) >= 11 is 6.04. The van der Waals surface area contributed by atoms with Crippen LogP contribution >= 0.6 is 11.6 Å². The zero-order chi connectivity index (χ0) is 11.3. The largest absolute Gasteiger partial charge is 0.383 e. The summed E-state index contributed by atoms with van der Waals surface area (Å²) < 4.78 is 0. The highest BCUT2D eigenvalue weighted by Crippen LogP contribution is 2.24. The Morgan fingerprint density at radius 2 is 2.00 bits per heavy atom. The van der Waals surface area contributed by atoms with Gasteiger partial charge in [-0.25, -0.2) is 0 Å². The molecular formula is C12H19ClN2. The van der Waals surface area contributed by atoms with Crippen LogP contribution in [0, 0.1) is 5.41 Å². The number of hydrogen-bond acceptors (Lipinski definition) is 2. The predicted octanol–water partition coefficient (Wildman–Crippen LogP) is 3.13. The maximum Gasteiger partial charge on any atom is 0.0637 e. The molecule has 0 aromatic heterocycles. The maximum absolute atomic E-state index is 6.04. The third kappa shape index (κ3) is 4.10. The van der Waals surface area contributed by atoms with Gasteiger partial charge in [0, 0.05) is 6.54 Å². The third-order valence-electron chi connectivity index (χ3n) is 2.45. The van der Waals surface area contributed by atoms with Crippen molar-refractivity contribution >= 4 is 17.3 Å². The van der Waals surface area contributed by atoms with Crippen molar-refractivity contribution in [2.24, 2.45) is 11.1 Å². The second-order valence-electron chi connectivity index (χ2n) is 4.54. The molecule has 0 saturated carbocycles. The van der Waals surface area contributed by atoms with Crippen molar-refractivity contribution in [1.82, 2.24) is 0 Å². The number of halogens is 1. The molecule has 0 aliphatic carbocycles. The number of anilines is 1. The van der Waals surface area contributed by atoms with E-state index in [1.807, 2.05) is 24.3 Å². The molecule has 0 bridgehead atoms. The third-order valence-corrected chi connectivity index (χ3v) is 2.78. The summed E-state index contributed by atoms with van der Waals surface area (Å²) in [5, 5.41) is 4.12. The molecule has 0 unspecified atom stereocenters. The van der Waals surface area contributed by atoms with Crippen LogP contribution in [-0.2, 0) is 0 Å². The highest BCUT2D eigenvalue weighted by molar-refractivity contribution is 6.33. The smallest absolute Gasteiger partial charge is 0.0637 e. The molecule has 0 heterocycles. The standard InChI is InChI=1S/C12H19ClN2/c1-12(2,7-8-14)9-15-11-6-4-3-5-10(11)13/h3-6,15H,7-9,14H2,1-2H3. The quantitative estimate of drug-likeness (QED) is 0.810. The van der Waals surface area contributed by atoms with E-state index >= 15 is 0 Å². The van der Waals surface area contributed by atoms with Crippen molar-refractivity contribution in [1.29, 1.82) is 0 Å². The number of rotatable bonds is 5. The van der Waals surface area contributed by atoms with Crippen molar-refractivity contribution < 1.29 is 0 Å². The Morgan fingerprint density at radius 3 is 2.60 bits per heavy atom. The van der Waals surface area contributed by atoms with Gasteiger partial charge in [0.15, 0.2) is 0 Å². The molecule has 0 fully saturated rings. The second kappa shape index (κ2) is 5.38. The fourth-order valence-electron chi connectivity index (χ4n) is 1.42. The van der Waals surface area contributed by atoms with Crippen molar-refractivity contribution in [3.05, 3.63) is 29.3 Å². The molecule has 0 spiro atoms. The Bertz CT molecular complexity index is 310. The monoisotopic (exact) mass is 226 g/mol. The maximum atomic E-state index is 6.04. The number of hydrogen-bond donors (Lipinski definition) is 2. The number of nitrogens with two attached hydrogens (primary N) is 1. The molecule has 3 N–H and O–H groups in total. The molecule has 84 valence electrons. The Hall–Kier alpha value is -0.730. The van der Waals surface area contributed by atoms with Crippen molar-refractivity contribution in [3.8, 4) is 0 Å². The first-order valence-corrected chi connectivity index (χ1v) is 5.61. The van der Waals surface area contributed by atoms with Crippen LogP contribution in [0.4, 0.5) is 5.69 Å². The molecule has 1 aromatic carbocycles. The fourth-order valence-corrected chi connectivity index (χ4v) is 1.62. The topological polar surface area (TPSA) is 38.0 Å². The molecule has 0 aliphatic heterocycles. The first-order chi connectivity index (χ1) is 7.05. The Morgan fingerprint density at radius 1 is 1.33 bits per heavy atom. The van der Waals surface area contributed by atoms with Crippen LogP contribution in [0.3, 0.4) is 0 Å². The van der Waals surface area contributed by atoms with Crippen LogP contribution in [0.1, 0.15) is 20.3 Å². The SMILES string of the molecule is CC(C)(CCN)CNc1ccccc1Cl. The van der Waals surface area contributed by atoms with Gasteiger partial charge < -0.3 is 11.1 Å². The molecular weight excluding hydrogens is 208 g/mol. The molecule has 2 nitrogen and oxygen atoms in total. The summed E-state index contributed by atoms with van der Waals surface area (Å²) in [7, 11) is 0. The van der Waals surface area contributed by atoms with Gasteiger partial charge in [0.25, 0.3) is 0 Å². The lowest BCUT2D eigenvalue weighted by atomic mass is 9.89. The Labute approximate surface area is 96.8 Å². The predicted molar refractivity (Wildman–Crippen MR) is 67.4 cm³/mol. The van der Waals surface area contributed by atoms with Crippen LogP contribution in [0.25, 0.3) is 0 Å². The lowest BCUT2D eigenvalue weighted by Gasteiger charge is -2.25. The van der Waals surface area contributed by atoms with Crippen molar-refractivity contribution in [2.75, 3.05) is 18.4 Å². The molecule has 0 radical (unpaired) electrons. The average molecular weight is 227 g/mol. The van der Waals surface area contributed by atoms with Crippen LogP contribution in [0.2, 0.25) is 5.02 Å². The van der Waals surface area contributed by atoms with Gasteiger partial charge in [0.2, 0.25) is 0 Å². The van der Waals surface area contributed by atoms with Gasteiger partial charge in [-0.3, -0.25) is 0 Å². The Kier molecular flexibility index (Phi) is 4.43. The van der Waals surface area contributed by atoms with E-state index in [4.69, 9.17) is 17.3 Å². The molecule has 0 aliphatic rings. The molecule has 1 aromatic rings. The Balaban J connectivity index is 2.53. The number of benzene rings is 1. The lowest BCUT2D eigenvalue weighted by molar-refractivity contribution is 0.365. The van der Waals surface area contributed by atoms with Crippen LogP contribution < -0.4 is 11.1 Å². The normalized spacial score (nSPS) is 11.5. The van der Waals surface area contributed by atoms with E-state index in [0.29, 0.717) is 0 Å². The van der Waals surface area contributed by atoms with E-state index in [-0.39, 0.29) is 5.41 Å². The number of nitrogens with one attached hydrogen (secondary N) is 1. The summed E-state index contributed by atoms with van der Waals surface area (Å²) in [6, 6.07) is 7.78. The first-order valence-electron chi connectivity index (χ1n) is 5.24. The zero-order valence-electron chi connectivity index (χ0n) is 9.39. The second-order valence-corrected chi connectivity index (χ2v) is 4.94. The summed E-state index contributed by atoms with van der Waals surface area (Å²) in [6.45, 7) is 6.00. The van der Waals surface area contributed by atoms with Crippen LogP contribution in [-0.4, -0.2) is 13.1 Å².